The summed E-state index contributed by atoms with van der Waals surface area (Å²) in [6.07, 6.45) is 0. The molecule has 0 aromatic heterocycles. The number of benzene rings is 2. The van der Waals surface area contributed by atoms with Crippen LogP contribution in [0.2, 0.25) is 0 Å². The molecule has 1 amide bonds. The Morgan fingerprint density at radius 3 is 2.75 bits per heavy atom. The molecule has 5 heteroatoms. The highest BCUT2D eigenvalue weighted by molar-refractivity contribution is 7.98. The van der Waals surface area contributed by atoms with Gasteiger partial charge in [0.1, 0.15) is 5.82 Å². The molecule has 0 aliphatic heterocycles. The molecular formula is C15H15FN2OS. The lowest BCUT2D eigenvalue weighted by Gasteiger charge is -2.09. The Balaban J connectivity index is 2.20. The molecule has 0 fully saturated rings. The largest absolute Gasteiger partial charge is 0.398 e. The molecule has 0 saturated heterocycles. The van der Waals surface area contributed by atoms with Gasteiger partial charge in [0.2, 0.25) is 5.91 Å². The third-order valence-electron chi connectivity index (χ3n) is 3.00. The predicted molar refractivity (Wildman–Crippen MR) is 80.1 cm³/mol. The average Bonchev–Trinajstić information content (AvgIpc) is 2.41. The van der Waals surface area contributed by atoms with Crippen LogP contribution in [-0.4, -0.2) is 5.91 Å². The van der Waals surface area contributed by atoms with Crippen LogP contribution in [-0.2, 0) is 5.75 Å². The summed E-state index contributed by atoms with van der Waals surface area (Å²) in [5, 5.41) is 0. The molecular weight excluding hydrogens is 275 g/mol. The van der Waals surface area contributed by atoms with E-state index in [1.165, 1.54) is 30.0 Å². The molecule has 0 radical (unpaired) electrons. The number of carbonyl (C=O) groups is 1. The number of nitrogen functional groups attached to an aromatic ring is 1. The smallest absolute Gasteiger partial charge is 0.248 e. The van der Waals surface area contributed by atoms with Gasteiger partial charge >= 0.3 is 0 Å². The lowest BCUT2D eigenvalue weighted by Crippen LogP contribution is -2.11. The van der Waals surface area contributed by atoms with Gasteiger partial charge in [-0.25, -0.2) is 4.39 Å². The van der Waals surface area contributed by atoms with Gasteiger partial charge in [-0.2, -0.15) is 0 Å². The Labute approximate surface area is 121 Å². The van der Waals surface area contributed by atoms with Crippen molar-refractivity contribution >= 4 is 23.4 Å². The van der Waals surface area contributed by atoms with Crippen LogP contribution >= 0.6 is 11.8 Å². The average molecular weight is 290 g/mol. The van der Waals surface area contributed by atoms with Crippen molar-refractivity contribution in [3.05, 3.63) is 58.9 Å². The Kier molecular flexibility index (Phi) is 4.29. The van der Waals surface area contributed by atoms with E-state index in [0.29, 0.717) is 22.6 Å². The first-order valence-electron chi connectivity index (χ1n) is 6.05. The first-order valence-corrected chi connectivity index (χ1v) is 7.03. The number of para-hydroxylation sites is 1. The number of amides is 1. The highest BCUT2D eigenvalue weighted by atomic mass is 32.2. The van der Waals surface area contributed by atoms with E-state index in [4.69, 9.17) is 11.5 Å². The fraction of sp³-hybridized carbons (Fsp3) is 0.133. The van der Waals surface area contributed by atoms with Crippen molar-refractivity contribution in [3.8, 4) is 0 Å². The number of carbonyl (C=O) groups excluding carboxylic acids is 1. The highest BCUT2D eigenvalue weighted by Crippen LogP contribution is 2.30. The molecule has 2 aromatic carbocycles. The van der Waals surface area contributed by atoms with E-state index < -0.39 is 5.91 Å². The van der Waals surface area contributed by atoms with E-state index in [2.05, 4.69) is 0 Å². The maximum Gasteiger partial charge on any atom is 0.248 e. The van der Waals surface area contributed by atoms with Crippen molar-refractivity contribution in [2.24, 2.45) is 5.73 Å². The van der Waals surface area contributed by atoms with Crippen molar-refractivity contribution in [1.82, 2.24) is 0 Å². The summed E-state index contributed by atoms with van der Waals surface area (Å²) in [6.45, 7) is 1.92. The molecule has 0 saturated carbocycles. The van der Waals surface area contributed by atoms with Crippen LogP contribution in [0, 0.1) is 12.7 Å². The Bertz CT molecular complexity index is 658. The molecule has 0 bridgehead atoms. The summed E-state index contributed by atoms with van der Waals surface area (Å²) in [7, 11) is 0. The van der Waals surface area contributed by atoms with Crippen LogP contribution < -0.4 is 11.5 Å². The van der Waals surface area contributed by atoms with Crippen LogP contribution in [0.25, 0.3) is 0 Å². The van der Waals surface area contributed by atoms with E-state index in [-0.39, 0.29) is 5.82 Å². The molecule has 0 atom stereocenters. The zero-order valence-electron chi connectivity index (χ0n) is 11.0. The molecule has 2 aromatic rings. The molecule has 0 spiro atoms. The summed E-state index contributed by atoms with van der Waals surface area (Å²) in [4.78, 5) is 12.0. The van der Waals surface area contributed by atoms with E-state index in [9.17, 15) is 9.18 Å². The second kappa shape index (κ2) is 5.96. The number of hydrogen-bond acceptors (Lipinski definition) is 3. The zero-order valence-corrected chi connectivity index (χ0v) is 11.8. The van der Waals surface area contributed by atoms with E-state index >= 15 is 0 Å². The molecule has 104 valence electrons. The van der Waals surface area contributed by atoms with Gasteiger partial charge in [-0.15, -0.1) is 11.8 Å². The van der Waals surface area contributed by atoms with E-state index in [1.54, 1.807) is 0 Å². The molecule has 0 aliphatic rings. The van der Waals surface area contributed by atoms with E-state index in [1.807, 2.05) is 25.1 Å². The van der Waals surface area contributed by atoms with Crippen molar-refractivity contribution in [1.29, 1.82) is 0 Å². The van der Waals surface area contributed by atoms with Gasteiger partial charge in [-0.1, -0.05) is 12.1 Å². The van der Waals surface area contributed by atoms with Gasteiger partial charge < -0.3 is 11.5 Å². The molecule has 0 aliphatic carbocycles. The number of primary amides is 1. The fourth-order valence-electron chi connectivity index (χ4n) is 1.77. The second-order valence-electron chi connectivity index (χ2n) is 4.45. The van der Waals surface area contributed by atoms with Gasteiger partial charge in [-0.3, -0.25) is 4.79 Å². The number of hydrogen-bond donors (Lipinski definition) is 2. The Morgan fingerprint density at radius 2 is 2.05 bits per heavy atom. The van der Waals surface area contributed by atoms with Crippen LogP contribution in [0.4, 0.5) is 10.1 Å². The van der Waals surface area contributed by atoms with Crippen LogP contribution in [0.5, 0.6) is 0 Å². The minimum Gasteiger partial charge on any atom is -0.398 e. The van der Waals surface area contributed by atoms with Crippen molar-refractivity contribution in [3.63, 3.8) is 0 Å². The molecule has 4 N–H and O–H groups in total. The van der Waals surface area contributed by atoms with Crippen LogP contribution in [0.1, 0.15) is 21.5 Å². The minimum absolute atomic E-state index is 0.305. The number of aryl methyl sites for hydroxylation is 1. The second-order valence-corrected chi connectivity index (χ2v) is 5.46. The number of anilines is 1. The first kappa shape index (κ1) is 14.4. The maximum atomic E-state index is 13.7. The van der Waals surface area contributed by atoms with Gasteiger partial charge in [-0.05, 0) is 42.3 Å². The standard InChI is InChI=1S/C15H15FN2OS/c1-9-3-2-4-13(14(9)17)20-8-11-7-10(15(18)19)5-6-12(11)16/h2-7H,8,17H2,1H3,(H2,18,19). The molecule has 0 unspecified atom stereocenters. The number of halogens is 1. The molecule has 2 rings (SSSR count). The number of nitrogens with two attached hydrogens (primary N) is 2. The van der Waals surface area contributed by atoms with Gasteiger partial charge in [0.05, 0.1) is 0 Å². The summed E-state index contributed by atoms with van der Waals surface area (Å²) in [5.74, 6) is -0.527. The number of thioether (sulfide) groups is 1. The predicted octanol–water partition coefficient (Wildman–Crippen LogP) is 3.11. The summed E-state index contributed by atoms with van der Waals surface area (Å²) in [5.41, 5.74) is 13.6. The normalized spacial score (nSPS) is 10.5. The zero-order chi connectivity index (χ0) is 14.7. The van der Waals surface area contributed by atoms with Crippen molar-refractivity contribution in [2.45, 2.75) is 17.6 Å². The van der Waals surface area contributed by atoms with Crippen LogP contribution in [0.15, 0.2) is 41.3 Å². The van der Waals surface area contributed by atoms with Crippen molar-refractivity contribution < 1.29 is 9.18 Å². The SMILES string of the molecule is Cc1cccc(SCc2cc(C(N)=O)ccc2F)c1N. The summed E-state index contributed by atoms with van der Waals surface area (Å²) >= 11 is 1.43. The third-order valence-corrected chi connectivity index (χ3v) is 4.12. The van der Waals surface area contributed by atoms with Gasteiger partial charge in [0.15, 0.2) is 0 Å². The lowest BCUT2D eigenvalue weighted by atomic mass is 10.1. The first-order chi connectivity index (χ1) is 9.49. The minimum atomic E-state index is -0.564. The fourth-order valence-corrected chi connectivity index (χ4v) is 2.80. The lowest BCUT2D eigenvalue weighted by molar-refractivity contribution is 0.1000. The Morgan fingerprint density at radius 1 is 1.30 bits per heavy atom. The number of rotatable bonds is 4. The quantitative estimate of drug-likeness (QED) is 0.671. The topological polar surface area (TPSA) is 69.1 Å². The van der Waals surface area contributed by atoms with E-state index in [0.717, 1.165) is 10.5 Å². The molecule has 0 heterocycles. The Hall–Kier alpha value is -2.01. The third kappa shape index (κ3) is 3.11. The van der Waals surface area contributed by atoms with Gasteiger partial charge in [0, 0.05) is 21.9 Å². The van der Waals surface area contributed by atoms with Crippen LogP contribution in [0.3, 0.4) is 0 Å². The van der Waals surface area contributed by atoms with Gasteiger partial charge in [0.25, 0.3) is 0 Å². The summed E-state index contributed by atoms with van der Waals surface area (Å²) in [6, 6.07) is 9.85. The summed E-state index contributed by atoms with van der Waals surface area (Å²) < 4.78 is 13.7. The highest BCUT2D eigenvalue weighted by Gasteiger charge is 2.09. The molecule has 3 nitrogen and oxygen atoms in total. The van der Waals surface area contributed by atoms with Crippen molar-refractivity contribution in [2.75, 3.05) is 5.73 Å². The monoisotopic (exact) mass is 290 g/mol. The molecule has 20 heavy (non-hydrogen) atoms. The maximum absolute atomic E-state index is 13.7.